The van der Waals surface area contributed by atoms with E-state index >= 15 is 0 Å². The molecule has 0 saturated carbocycles. The second-order valence-electron chi connectivity index (χ2n) is 2.62. The maximum Gasteiger partial charge on any atom is 0.318 e. The van der Waals surface area contributed by atoms with Gasteiger partial charge in [-0.25, -0.2) is 4.79 Å². The van der Waals surface area contributed by atoms with E-state index in [1.165, 1.54) is 4.90 Å². The highest BCUT2D eigenvalue weighted by Crippen LogP contribution is 1.84. The van der Waals surface area contributed by atoms with Crippen LogP contribution in [0.5, 0.6) is 0 Å². The van der Waals surface area contributed by atoms with Gasteiger partial charge in [0.1, 0.15) is 6.54 Å². The summed E-state index contributed by atoms with van der Waals surface area (Å²) in [5.74, 6) is 0. The summed E-state index contributed by atoms with van der Waals surface area (Å²) in [7, 11) is 1.58. The van der Waals surface area contributed by atoms with Gasteiger partial charge in [0.2, 0.25) is 0 Å². The molecule has 1 N–H and O–H groups in total. The summed E-state index contributed by atoms with van der Waals surface area (Å²) in [4.78, 5) is 12.3. The normalized spacial score (nSPS) is 9.00. The van der Waals surface area contributed by atoms with E-state index in [1.807, 2.05) is 19.9 Å². The largest absolute Gasteiger partial charge is 0.336 e. The van der Waals surface area contributed by atoms with Crippen LogP contribution in [-0.4, -0.2) is 30.6 Å². The van der Waals surface area contributed by atoms with Crippen LogP contribution >= 0.6 is 0 Å². The minimum absolute atomic E-state index is 0.114. The Balaban J connectivity index is 3.75. The lowest BCUT2D eigenvalue weighted by atomic mass is 10.4. The maximum absolute atomic E-state index is 11.0. The van der Waals surface area contributed by atoms with Gasteiger partial charge in [-0.2, -0.15) is 5.26 Å². The van der Waals surface area contributed by atoms with Crippen LogP contribution in [-0.2, 0) is 0 Å². The van der Waals surface area contributed by atoms with Crippen molar-refractivity contribution >= 4 is 6.03 Å². The number of amides is 2. The van der Waals surface area contributed by atoms with Crippen molar-refractivity contribution in [1.29, 1.82) is 5.26 Å². The summed E-state index contributed by atoms with van der Waals surface area (Å²) in [6.45, 7) is 3.87. The van der Waals surface area contributed by atoms with Crippen molar-refractivity contribution in [1.82, 2.24) is 10.2 Å². The molecule has 0 aromatic carbocycles. The number of nitrogens with zero attached hydrogens (tertiary/aromatic N) is 2. The zero-order valence-corrected chi connectivity index (χ0v) is 7.09. The summed E-state index contributed by atoms with van der Waals surface area (Å²) in [5.41, 5.74) is 0. The summed E-state index contributed by atoms with van der Waals surface area (Å²) in [6.07, 6.45) is 0. The molecular weight excluding hydrogens is 142 g/mol. The molecule has 0 aliphatic rings. The van der Waals surface area contributed by atoms with E-state index in [9.17, 15) is 4.79 Å². The van der Waals surface area contributed by atoms with Crippen molar-refractivity contribution in [2.45, 2.75) is 19.9 Å². The fourth-order valence-electron chi connectivity index (χ4n) is 0.535. The van der Waals surface area contributed by atoms with Crippen LogP contribution in [0.1, 0.15) is 13.8 Å². The molecule has 62 valence electrons. The highest BCUT2D eigenvalue weighted by Gasteiger charge is 2.07. The van der Waals surface area contributed by atoms with Gasteiger partial charge in [-0.1, -0.05) is 0 Å². The fraction of sp³-hybridized carbons (Fsp3) is 0.714. The van der Waals surface area contributed by atoms with Crippen LogP contribution in [0.4, 0.5) is 4.79 Å². The molecule has 0 rings (SSSR count). The molecule has 0 aliphatic carbocycles. The smallest absolute Gasteiger partial charge is 0.318 e. The van der Waals surface area contributed by atoms with Crippen LogP contribution in [0.3, 0.4) is 0 Å². The number of nitriles is 1. The van der Waals surface area contributed by atoms with Crippen molar-refractivity contribution in [2.24, 2.45) is 0 Å². The van der Waals surface area contributed by atoms with Gasteiger partial charge in [-0.3, -0.25) is 0 Å². The third kappa shape index (κ3) is 4.20. The van der Waals surface area contributed by atoms with E-state index in [0.29, 0.717) is 0 Å². The summed E-state index contributed by atoms with van der Waals surface area (Å²) >= 11 is 0. The molecule has 0 aromatic rings. The van der Waals surface area contributed by atoms with E-state index in [1.54, 1.807) is 7.05 Å². The molecule has 4 heteroatoms. The van der Waals surface area contributed by atoms with Gasteiger partial charge in [-0.05, 0) is 13.8 Å². The topological polar surface area (TPSA) is 56.1 Å². The van der Waals surface area contributed by atoms with Crippen LogP contribution in [0, 0.1) is 11.3 Å². The molecule has 2 amide bonds. The van der Waals surface area contributed by atoms with E-state index in [0.717, 1.165) is 0 Å². The third-order valence-electron chi connectivity index (χ3n) is 1.07. The molecule has 0 bridgehead atoms. The predicted molar refractivity (Wildman–Crippen MR) is 41.9 cm³/mol. The average molecular weight is 155 g/mol. The number of hydrogen-bond donors (Lipinski definition) is 1. The van der Waals surface area contributed by atoms with Gasteiger partial charge in [-0.15, -0.1) is 0 Å². The lowest BCUT2D eigenvalue weighted by Crippen LogP contribution is -2.40. The van der Waals surface area contributed by atoms with Gasteiger partial charge >= 0.3 is 6.03 Å². The highest BCUT2D eigenvalue weighted by molar-refractivity contribution is 5.74. The van der Waals surface area contributed by atoms with Crippen molar-refractivity contribution in [2.75, 3.05) is 13.6 Å². The minimum atomic E-state index is -0.207. The van der Waals surface area contributed by atoms with Crippen molar-refractivity contribution in [3.8, 4) is 6.07 Å². The van der Waals surface area contributed by atoms with E-state index < -0.39 is 0 Å². The SMILES string of the molecule is CC(C)NC(=O)N(C)CC#N. The number of hydrogen-bond acceptors (Lipinski definition) is 2. The first-order valence-electron chi connectivity index (χ1n) is 3.46. The second-order valence-corrected chi connectivity index (χ2v) is 2.62. The predicted octanol–water partition coefficient (Wildman–Crippen LogP) is 0.560. The van der Waals surface area contributed by atoms with Gasteiger partial charge in [0.05, 0.1) is 6.07 Å². The molecule has 0 heterocycles. The van der Waals surface area contributed by atoms with Crippen molar-refractivity contribution in [3.05, 3.63) is 0 Å². The monoisotopic (exact) mass is 155 g/mol. The van der Waals surface area contributed by atoms with Crippen LogP contribution in [0.2, 0.25) is 0 Å². The molecular formula is C7H13N3O. The quantitative estimate of drug-likeness (QED) is 0.592. The Morgan fingerprint density at radius 2 is 2.27 bits per heavy atom. The highest BCUT2D eigenvalue weighted by atomic mass is 16.2. The maximum atomic E-state index is 11.0. The first-order chi connectivity index (χ1) is 5.07. The second kappa shape index (κ2) is 4.56. The number of carbonyl (C=O) groups is 1. The fourth-order valence-corrected chi connectivity index (χ4v) is 0.535. The Kier molecular flexibility index (Phi) is 4.04. The molecule has 0 saturated heterocycles. The first-order valence-corrected chi connectivity index (χ1v) is 3.46. The third-order valence-corrected chi connectivity index (χ3v) is 1.07. The summed E-state index contributed by atoms with van der Waals surface area (Å²) in [5, 5.41) is 10.9. The van der Waals surface area contributed by atoms with Gasteiger partial charge < -0.3 is 10.2 Å². The number of rotatable bonds is 2. The Morgan fingerprint density at radius 1 is 1.73 bits per heavy atom. The zero-order chi connectivity index (χ0) is 8.85. The Labute approximate surface area is 66.8 Å². The average Bonchev–Trinajstić information content (AvgIpc) is 1.86. The molecule has 0 aromatic heterocycles. The van der Waals surface area contributed by atoms with Crippen molar-refractivity contribution < 1.29 is 4.79 Å². The van der Waals surface area contributed by atoms with Gasteiger partial charge in [0.25, 0.3) is 0 Å². The van der Waals surface area contributed by atoms with E-state index in [4.69, 9.17) is 5.26 Å². The molecule has 0 spiro atoms. The van der Waals surface area contributed by atoms with Gasteiger partial charge in [0, 0.05) is 13.1 Å². The molecule has 0 unspecified atom stereocenters. The van der Waals surface area contributed by atoms with Gasteiger partial charge in [0.15, 0.2) is 0 Å². The number of carbonyl (C=O) groups excluding carboxylic acids is 1. The molecule has 0 aliphatic heterocycles. The Morgan fingerprint density at radius 3 is 2.64 bits per heavy atom. The standard InChI is InChI=1S/C7H13N3O/c1-6(2)9-7(11)10(3)5-4-8/h6H,5H2,1-3H3,(H,9,11). The molecule has 0 atom stereocenters. The Hall–Kier alpha value is -1.24. The molecule has 0 fully saturated rings. The van der Waals surface area contributed by atoms with Crippen LogP contribution in [0.25, 0.3) is 0 Å². The number of nitrogens with one attached hydrogen (secondary N) is 1. The number of urea groups is 1. The Bertz CT molecular complexity index is 171. The molecule has 4 nitrogen and oxygen atoms in total. The van der Waals surface area contributed by atoms with Crippen LogP contribution in [0.15, 0.2) is 0 Å². The van der Waals surface area contributed by atoms with E-state index in [2.05, 4.69) is 5.32 Å². The lowest BCUT2D eigenvalue weighted by Gasteiger charge is -2.15. The first kappa shape index (κ1) is 9.76. The minimum Gasteiger partial charge on any atom is -0.336 e. The van der Waals surface area contributed by atoms with Crippen molar-refractivity contribution in [3.63, 3.8) is 0 Å². The van der Waals surface area contributed by atoms with Crippen LogP contribution < -0.4 is 5.32 Å². The molecule has 11 heavy (non-hydrogen) atoms. The lowest BCUT2D eigenvalue weighted by molar-refractivity contribution is 0.211. The summed E-state index contributed by atoms with van der Waals surface area (Å²) in [6, 6.07) is 1.79. The van der Waals surface area contributed by atoms with E-state index in [-0.39, 0.29) is 18.6 Å². The zero-order valence-electron chi connectivity index (χ0n) is 7.09. The summed E-state index contributed by atoms with van der Waals surface area (Å²) < 4.78 is 0. The molecule has 0 radical (unpaired) electrons.